The number of aryl methyl sites for hydroxylation is 1. The Labute approximate surface area is 118 Å². The Morgan fingerprint density at radius 3 is 2.37 bits per heavy atom. The quantitative estimate of drug-likeness (QED) is 0.838. The molecule has 0 aliphatic rings. The van der Waals surface area contributed by atoms with Gasteiger partial charge in [0.05, 0.1) is 14.2 Å². The van der Waals surface area contributed by atoms with Gasteiger partial charge in [-0.2, -0.15) is 0 Å². The van der Waals surface area contributed by atoms with Crippen molar-refractivity contribution < 1.29 is 14.3 Å². The van der Waals surface area contributed by atoms with Crippen molar-refractivity contribution in [3.63, 3.8) is 0 Å². The summed E-state index contributed by atoms with van der Waals surface area (Å²) in [5, 5.41) is 0.608. The van der Waals surface area contributed by atoms with E-state index in [0.717, 1.165) is 12.0 Å². The molecule has 0 aliphatic carbocycles. The van der Waals surface area contributed by atoms with E-state index in [0.29, 0.717) is 29.4 Å². The van der Waals surface area contributed by atoms with Crippen molar-refractivity contribution in [1.29, 1.82) is 0 Å². The van der Waals surface area contributed by atoms with Crippen LogP contribution >= 0.6 is 11.6 Å². The molecule has 4 nitrogen and oxygen atoms in total. The minimum atomic E-state index is -0.265. The van der Waals surface area contributed by atoms with E-state index in [1.54, 1.807) is 20.3 Å². The predicted molar refractivity (Wildman–Crippen MR) is 75.9 cm³/mol. The summed E-state index contributed by atoms with van der Waals surface area (Å²) in [6.45, 7) is 1.95. The molecule has 1 unspecified atom stereocenters. The van der Waals surface area contributed by atoms with Gasteiger partial charge in [-0.15, -0.1) is 0 Å². The Bertz CT molecular complexity index is 449. The van der Waals surface area contributed by atoms with Crippen molar-refractivity contribution in [1.82, 2.24) is 0 Å². The summed E-state index contributed by atoms with van der Waals surface area (Å²) in [6.07, 6.45) is 2.10. The van der Waals surface area contributed by atoms with Crippen LogP contribution in [0.1, 0.15) is 25.3 Å². The Morgan fingerprint density at radius 1 is 1.32 bits per heavy atom. The van der Waals surface area contributed by atoms with Crippen molar-refractivity contribution in [2.24, 2.45) is 11.7 Å². The van der Waals surface area contributed by atoms with Crippen LogP contribution < -0.4 is 15.2 Å². The highest BCUT2D eigenvalue weighted by Crippen LogP contribution is 2.34. The number of halogens is 1. The Kier molecular flexibility index (Phi) is 5.96. The number of carbonyl (C=O) groups is 1. The predicted octanol–water partition coefficient (Wildman–Crippen LogP) is 2.80. The number of amides is 1. The van der Waals surface area contributed by atoms with Crippen LogP contribution in [-0.2, 0) is 11.2 Å². The lowest BCUT2D eigenvalue weighted by Gasteiger charge is -2.14. The number of benzene rings is 1. The van der Waals surface area contributed by atoms with E-state index in [1.165, 1.54) is 0 Å². The molecule has 2 N–H and O–H groups in total. The second-order valence-corrected chi connectivity index (χ2v) is 4.75. The van der Waals surface area contributed by atoms with E-state index in [2.05, 4.69) is 0 Å². The lowest BCUT2D eigenvalue weighted by molar-refractivity contribution is -0.122. The highest BCUT2D eigenvalue weighted by molar-refractivity contribution is 6.31. The molecule has 0 fully saturated rings. The third kappa shape index (κ3) is 4.03. The van der Waals surface area contributed by atoms with Crippen molar-refractivity contribution in [3.05, 3.63) is 22.7 Å². The van der Waals surface area contributed by atoms with Crippen LogP contribution in [0.15, 0.2) is 12.1 Å². The van der Waals surface area contributed by atoms with Crippen LogP contribution in [0.25, 0.3) is 0 Å². The number of nitrogens with two attached hydrogens (primary N) is 1. The molecule has 0 bridgehead atoms. The number of hydrogen-bond donors (Lipinski definition) is 1. The highest BCUT2D eigenvalue weighted by atomic mass is 35.5. The summed E-state index contributed by atoms with van der Waals surface area (Å²) in [4.78, 5) is 11.2. The van der Waals surface area contributed by atoms with Crippen molar-refractivity contribution in [3.8, 4) is 11.5 Å². The zero-order valence-corrected chi connectivity index (χ0v) is 12.3. The van der Waals surface area contributed by atoms with Gasteiger partial charge in [0.1, 0.15) is 0 Å². The maximum absolute atomic E-state index is 11.2. The minimum Gasteiger partial charge on any atom is -0.493 e. The lowest BCUT2D eigenvalue weighted by Crippen LogP contribution is -2.23. The van der Waals surface area contributed by atoms with E-state index < -0.39 is 0 Å². The second-order valence-electron chi connectivity index (χ2n) is 4.34. The van der Waals surface area contributed by atoms with Gasteiger partial charge in [-0.1, -0.05) is 18.5 Å². The summed E-state index contributed by atoms with van der Waals surface area (Å²) in [5.41, 5.74) is 6.26. The fraction of sp³-hybridized carbons (Fsp3) is 0.500. The molecular weight excluding hydrogens is 266 g/mol. The average molecular weight is 286 g/mol. The van der Waals surface area contributed by atoms with Crippen LogP contribution in [-0.4, -0.2) is 20.1 Å². The van der Waals surface area contributed by atoms with Crippen LogP contribution in [0.3, 0.4) is 0 Å². The van der Waals surface area contributed by atoms with E-state index >= 15 is 0 Å². The molecule has 0 radical (unpaired) electrons. The monoisotopic (exact) mass is 285 g/mol. The summed E-state index contributed by atoms with van der Waals surface area (Å²) in [5.74, 6) is 0.843. The van der Waals surface area contributed by atoms with E-state index in [1.807, 2.05) is 13.0 Å². The Balaban J connectivity index is 2.86. The topological polar surface area (TPSA) is 61.6 Å². The number of primary amides is 1. The number of rotatable bonds is 7. The molecule has 0 saturated heterocycles. The first-order valence-electron chi connectivity index (χ1n) is 6.23. The SMILES string of the molecule is CCC(CCc1cc(OC)c(OC)cc1Cl)C(N)=O. The molecule has 19 heavy (non-hydrogen) atoms. The van der Waals surface area contributed by atoms with Crippen molar-refractivity contribution in [2.75, 3.05) is 14.2 Å². The largest absolute Gasteiger partial charge is 0.493 e. The van der Waals surface area contributed by atoms with Gasteiger partial charge in [-0.3, -0.25) is 4.79 Å². The summed E-state index contributed by atoms with van der Waals surface area (Å²) in [7, 11) is 3.14. The molecule has 0 aliphatic heterocycles. The molecule has 5 heteroatoms. The smallest absolute Gasteiger partial charge is 0.220 e. The average Bonchev–Trinajstić information content (AvgIpc) is 2.40. The normalized spacial score (nSPS) is 12.0. The van der Waals surface area contributed by atoms with Gasteiger partial charge in [0.25, 0.3) is 0 Å². The molecule has 1 amide bonds. The van der Waals surface area contributed by atoms with Gasteiger partial charge in [0.2, 0.25) is 5.91 Å². The first-order chi connectivity index (χ1) is 9.03. The van der Waals surface area contributed by atoms with Gasteiger partial charge in [0.15, 0.2) is 11.5 Å². The minimum absolute atomic E-state index is 0.121. The Hall–Kier alpha value is -1.42. The first-order valence-corrected chi connectivity index (χ1v) is 6.61. The van der Waals surface area contributed by atoms with Crippen LogP contribution in [0, 0.1) is 5.92 Å². The molecule has 1 rings (SSSR count). The molecule has 1 aromatic rings. The van der Waals surface area contributed by atoms with Crippen molar-refractivity contribution >= 4 is 17.5 Å². The molecule has 0 saturated carbocycles. The highest BCUT2D eigenvalue weighted by Gasteiger charge is 2.15. The summed E-state index contributed by atoms with van der Waals surface area (Å²) < 4.78 is 10.4. The summed E-state index contributed by atoms with van der Waals surface area (Å²) in [6, 6.07) is 3.57. The maximum atomic E-state index is 11.2. The fourth-order valence-electron chi connectivity index (χ4n) is 1.97. The number of methoxy groups -OCH3 is 2. The zero-order chi connectivity index (χ0) is 14.4. The van der Waals surface area contributed by atoms with E-state index in [-0.39, 0.29) is 11.8 Å². The van der Waals surface area contributed by atoms with Gasteiger partial charge in [-0.05, 0) is 30.9 Å². The van der Waals surface area contributed by atoms with Crippen molar-refractivity contribution in [2.45, 2.75) is 26.2 Å². The standard InChI is InChI=1S/C14H20ClNO3/c1-4-9(14(16)17)5-6-10-7-12(18-2)13(19-3)8-11(10)15/h7-9H,4-6H2,1-3H3,(H2,16,17). The molecule has 0 aromatic heterocycles. The van der Waals surface area contributed by atoms with Gasteiger partial charge in [0, 0.05) is 17.0 Å². The Morgan fingerprint density at radius 2 is 1.89 bits per heavy atom. The summed E-state index contributed by atoms with van der Waals surface area (Å²) >= 11 is 6.19. The van der Waals surface area contributed by atoms with Gasteiger partial charge >= 0.3 is 0 Å². The molecule has 0 heterocycles. The van der Waals surface area contributed by atoms with Gasteiger partial charge in [-0.25, -0.2) is 0 Å². The third-order valence-electron chi connectivity index (χ3n) is 3.21. The molecule has 106 valence electrons. The second kappa shape index (κ2) is 7.24. The number of carbonyl (C=O) groups excluding carboxylic acids is 1. The zero-order valence-electron chi connectivity index (χ0n) is 11.5. The first kappa shape index (κ1) is 15.6. The molecular formula is C14H20ClNO3. The fourth-order valence-corrected chi connectivity index (χ4v) is 2.21. The van der Waals surface area contributed by atoms with Crippen LogP contribution in [0.2, 0.25) is 5.02 Å². The molecule has 1 aromatic carbocycles. The number of ether oxygens (including phenoxy) is 2. The lowest BCUT2D eigenvalue weighted by atomic mass is 9.96. The third-order valence-corrected chi connectivity index (χ3v) is 3.56. The molecule has 0 spiro atoms. The van der Waals surface area contributed by atoms with Gasteiger partial charge < -0.3 is 15.2 Å². The van der Waals surface area contributed by atoms with Crippen LogP contribution in [0.4, 0.5) is 0 Å². The number of hydrogen-bond acceptors (Lipinski definition) is 3. The maximum Gasteiger partial charge on any atom is 0.220 e. The van der Waals surface area contributed by atoms with Crippen LogP contribution in [0.5, 0.6) is 11.5 Å². The van der Waals surface area contributed by atoms with E-state index in [9.17, 15) is 4.79 Å². The van der Waals surface area contributed by atoms with E-state index in [4.69, 9.17) is 26.8 Å². The molecule has 1 atom stereocenters.